The van der Waals surface area contributed by atoms with Crippen LogP contribution < -0.4 is 11.1 Å². The van der Waals surface area contributed by atoms with Gasteiger partial charge in [0, 0.05) is 13.1 Å². The zero-order chi connectivity index (χ0) is 25.7. The Hall–Kier alpha value is -2.77. The van der Waals surface area contributed by atoms with Crippen molar-refractivity contribution in [3.8, 4) is 0 Å². The number of carbonyl (C=O) groups excluding carboxylic acids is 3. The Morgan fingerprint density at radius 1 is 1.08 bits per heavy atom. The van der Waals surface area contributed by atoms with E-state index in [1.54, 1.807) is 4.90 Å². The highest BCUT2D eigenvalue weighted by Crippen LogP contribution is 2.60. The molecule has 4 bridgehead atoms. The molecule has 1 aromatic rings. The van der Waals surface area contributed by atoms with Crippen LogP contribution in [0.15, 0.2) is 30.3 Å². The summed E-state index contributed by atoms with van der Waals surface area (Å²) in [5, 5.41) is 3.09. The maximum atomic E-state index is 13.4. The molecule has 0 radical (unpaired) electrons. The van der Waals surface area contributed by atoms with Gasteiger partial charge in [-0.25, -0.2) is 9.59 Å². The largest absolute Gasteiger partial charge is 0.446 e. The number of hydrogen-bond acceptors (Lipinski definition) is 5. The second-order valence-corrected chi connectivity index (χ2v) is 12.7. The molecule has 36 heavy (non-hydrogen) atoms. The maximum absolute atomic E-state index is 13.4. The molecule has 5 unspecified atom stereocenters. The molecule has 5 aliphatic rings. The average molecular weight is 498 g/mol. The monoisotopic (exact) mass is 497 g/mol. The third-order valence-electron chi connectivity index (χ3n) is 8.71. The highest BCUT2D eigenvalue weighted by atomic mass is 16.6. The van der Waals surface area contributed by atoms with E-state index in [9.17, 15) is 14.4 Å². The van der Waals surface area contributed by atoms with Crippen molar-refractivity contribution in [2.24, 2.45) is 28.9 Å². The van der Waals surface area contributed by atoms with Crippen molar-refractivity contribution in [3.63, 3.8) is 0 Å². The minimum Gasteiger partial charge on any atom is -0.446 e. The number of hydrogen-bond donors (Lipinski definition) is 2. The molecule has 6 rings (SSSR count). The third kappa shape index (κ3) is 4.91. The molecule has 8 nitrogen and oxygen atoms in total. The van der Waals surface area contributed by atoms with Gasteiger partial charge in [-0.2, -0.15) is 0 Å². The van der Waals surface area contributed by atoms with Gasteiger partial charge in [0.15, 0.2) is 0 Å². The molecule has 4 saturated carbocycles. The Balaban J connectivity index is 1.27. The van der Waals surface area contributed by atoms with Crippen LogP contribution in [0.3, 0.4) is 0 Å². The molecular formula is C28H39N3O5. The van der Waals surface area contributed by atoms with Gasteiger partial charge in [-0.15, -0.1) is 0 Å². The number of primary amides is 1. The fraction of sp³-hybridized carbons (Fsp3) is 0.679. The van der Waals surface area contributed by atoms with Crippen molar-refractivity contribution in [2.45, 2.75) is 83.0 Å². The average Bonchev–Trinajstić information content (AvgIpc) is 3.18. The van der Waals surface area contributed by atoms with Crippen LogP contribution in [0.2, 0.25) is 0 Å². The van der Waals surface area contributed by atoms with Gasteiger partial charge < -0.3 is 25.4 Å². The van der Waals surface area contributed by atoms with Gasteiger partial charge in [0.1, 0.15) is 11.7 Å². The second-order valence-electron chi connectivity index (χ2n) is 12.7. The van der Waals surface area contributed by atoms with E-state index < -0.39 is 22.6 Å². The summed E-state index contributed by atoms with van der Waals surface area (Å²) in [6, 6.07) is 9.97. The van der Waals surface area contributed by atoms with E-state index >= 15 is 0 Å². The normalized spacial score (nSPS) is 34.9. The van der Waals surface area contributed by atoms with Crippen molar-refractivity contribution < 1.29 is 23.9 Å². The van der Waals surface area contributed by atoms with E-state index in [0.29, 0.717) is 31.8 Å². The molecule has 3 amide bonds. The Kier molecular flexibility index (Phi) is 6.20. The Morgan fingerprint density at radius 3 is 2.36 bits per heavy atom. The lowest BCUT2D eigenvalue weighted by Gasteiger charge is -2.58. The molecule has 1 aromatic carbocycles. The highest BCUT2D eigenvalue weighted by Gasteiger charge is 2.59. The van der Waals surface area contributed by atoms with Crippen molar-refractivity contribution in [3.05, 3.63) is 35.9 Å². The fourth-order valence-corrected chi connectivity index (χ4v) is 7.49. The minimum absolute atomic E-state index is 0.163. The Morgan fingerprint density at radius 2 is 1.75 bits per heavy atom. The van der Waals surface area contributed by atoms with Crippen molar-refractivity contribution >= 4 is 18.1 Å². The zero-order valence-corrected chi connectivity index (χ0v) is 21.6. The number of alkyl carbamates (subject to hydrolysis) is 1. The molecule has 5 fully saturated rings. The van der Waals surface area contributed by atoms with Gasteiger partial charge in [0.05, 0.1) is 11.0 Å². The fourth-order valence-electron chi connectivity index (χ4n) is 7.49. The number of rotatable bonds is 5. The lowest BCUT2D eigenvalue weighted by Crippen LogP contribution is -2.59. The molecule has 3 N–H and O–H groups in total. The number of likely N-dealkylation sites (tertiary alicyclic amines) is 1. The SMILES string of the molecule is CC(C)(C)OC(=O)NC1(Cc2ccccc2)CCN(C(=O)OC2C3CC4C[C@@H]2CC(C(N)=O)(C4)C3)C1. The van der Waals surface area contributed by atoms with Gasteiger partial charge in [0.25, 0.3) is 0 Å². The van der Waals surface area contributed by atoms with E-state index in [1.807, 2.05) is 51.1 Å². The Bertz CT molecular complexity index is 1010. The van der Waals surface area contributed by atoms with Crippen molar-refractivity contribution in [2.75, 3.05) is 13.1 Å². The molecular weight excluding hydrogens is 458 g/mol. The molecule has 1 heterocycles. The van der Waals surface area contributed by atoms with Gasteiger partial charge in [-0.1, -0.05) is 30.3 Å². The lowest BCUT2D eigenvalue weighted by atomic mass is 9.48. The van der Waals surface area contributed by atoms with Crippen molar-refractivity contribution in [1.82, 2.24) is 10.2 Å². The summed E-state index contributed by atoms with van der Waals surface area (Å²) >= 11 is 0. The van der Waals surface area contributed by atoms with Crippen LogP contribution in [-0.4, -0.2) is 53.3 Å². The second kappa shape index (κ2) is 8.96. The van der Waals surface area contributed by atoms with Crippen LogP contribution in [0.1, 0.15) is 64.9 Å². The first-order chi connectivity index (χ1) is 17.0. The molecule has 6 atom stereocenters. The zero-order valence-electron chi connectivity index (χ0n) is 21.6. The van der Waals surface area contributed by atoms with Crippen LogP contribution in [0.4, 0.5) is 9.59 Å². The first-order valence-electron chi connectivity index (χ1n) is 13.3. The summed E-state index contributed by atoms with van der Waals surface area (Å²) in [6.45, 7) is 6.36. The molecule has 4 aliphatic carbocycles. The van der Waals surface area contributed by atoms with Crippen LogP contribution >= 0.6 is 0 Å². The first kappa shape index (κ1) is 24.9. The summed E-state index contributed by atoms with van der Waals surface area (Å²) < 4.78 is 11.7. The predicted octanol–water partition coefficient (Wildman–Crippen LogP) is 4.02. The number of nitrogens with one attached hydrogen (secondary N) is 1. The summed E-state index contributed by atoms with van der Waals surface area (Å²) in [7, 11) is 0. The third-order valence-corrected chi connectivity index (χ3v) is 8.71. The summed E-state index contributed by atoms with van der Waals surface area (Å²) in [5.74, 6) is 0.715. The van der Waals surface area contributed by atoms with E-state index in [1.165, 1.54) is 0 Å². The summed E-state index contributed by atoms with van der Waals surface area (Å²) in [6.07, 6.45) is 4.58. The van der Waals surface area contributed by atoms with Crippen LogP contribution in [-0.2, 0) is 20.7 Å². The van der Waals surface area contributed by atoms with Gasteiger partial charge in [-0.3, -0.25) is 4.79 Å². The van der Waals surface area contributed by atoms with Gasteiger partial charge in [0.2, 0.25) is 5.91 Å². The number of ether oxygens (including phenoxy) is 2. The van der Waals surface area contributed by atoms with Crippen LogP contribution in [0.25, 0.3) is 0 Å². The number of carbonyl (C=O) groups is 3. The van der Waals surface area contributed by atoms with E-state index in [2.05, 4.69) is 5.32 Å². The van der Waals surface area contributed by atoms with Crippen LogP contribution in [0, 0.1) is 23.2 Å². The molecule has 1 saturated heterocycles. The quantitative estimate of drug-likeness (QED) is 0.638. The number of nitrogens with two attached hydrogens (primary N) is 1. The molecule has 8 heteroatoms. The van der Waals surface area contributed by atoms with Gasteiger partial charge in [-0.05, 0) is 89.0 Å². The Labute approximate surface area is 213 Å². The van der Waals surface area contributed by atoms with Crippen molar-refractivity contribution in [1.29, 1.82) is 0 Å². The predicted molar refractivity (Wildman–Crippen MR) is 134 cm³/mol. The smallest absolute Gasteiger partial charge is 0.410 e. The molecule has 196 valence electrons. The topological polar surface area (TPSA) is 111 Å². The van der Waals surface area contributed by atoms with Crippen LogP contribution in [0.5, 0.6) is 0 Å². The van der Waals surface area contributed by atoms with E-state index in [4.69, 9.17) is 15.2 Å². The number of amides is 3. The maximum Gasteiger partial charge on any atom is 0.410 e. The molecule has 1 aliphatic heterocycles. The molecule has 0 spiro atoms. The number of nitrogens with zero attached hydrogens (tertiary/aromatic N) is 1. The standard InChI is InChI=1S/C28H39N3O5/c1-26(2,3)36-24(33)30-28(14-18-7-5-4-6-8-18)9-10-31(17-28)25(34)35-22-20-11-19-12-21(22)16-27(13-19,15-20)23(29)32/h4-8,19-22H,9-17H2,1-3H3,(H2,29,32)(H,30,33)/t19?,20-,21?,22?,27?,28?/m1/s1. The summed E-state index contributed by atoms with van der Waals surface area (Å²) in [5.41, 5.74) is 5.24. The first-order valence-corrected chi connectivity index (χ1v) is 13.3. The summed E-state index contributed by atoms with van der Waals surface area (Å²) in [4.78, 5) is 40.1. The number of benzene rings is 1. The minimum atomic E-state index is -0.636. The lowest BCUT2D eigenvalue weighted by molar-refractivity contribution is -0.161. The van der Waals surface area contributed by atoms with Gasteiger partial charge >= 0.3 is 12.2 Å². The van der Waals surface area contributed by atoms with E-state index in [0.717, 1.165) is 37.7 Å². The van der Waals surface area contributed by atoms with E-state index in [-0.39, 0.29) is 29.9 Å². The highest BCUT2D eigenvalue weighted by molar-refractivity contribution is 5.81. The molecule has 0 aromatic heterocycles.